The van der Waals surface area contributed by atoms with Crippen LogP contribution in [0.4, 0.5) is 0 Å². The predicted molar refractivity (Wildman–Crippen MR) is 130 cm³/mol. The fraction of sp³-hybridized carbons (Fsp3) is 0.259. The highest BCUT2D eigenvalue weighted by atomic mass is 16.5. The van der Waals surface area contributed by atoms with E-state index < -0.39 is 5.69 Å². The first-order valence-electron chi connectivity index (χ1n) is 11.6. The van der Waals surface area contributed by atoms with Crippen molar-refractivity contribution in [3.05, 3.63) is 105 Å². The van der Waals surface area contributed by atoms with Crippen molar-refractivity contribution in [1.29, 1.82) is 0 Å². The van der Waals surface area contributed by atoms with Gasteiger partial charge in [-0.25, -0.2) is 14.7 Å². The molecule has 0 saturated heterocycles. The van der Waals surface area contributed by atoms with Gasteiger partial charge in [0, 0.05) is 5.56 Å². The smallest absolute Gasteiger partial charge is 0.365 e. The summed E-state index contributed by atoms with van der Waals surface area (Å²) in [5.41, 5.74) is 5.37. The minimum atomic E-state index is -0.399. The lowest BCUT2D eigenvalue weighted by Gasteiger charge is -2.17. The molecule has 0 bridgehead atoms. The molecule has 0 atom stereocenters. The van der Waals surface area contributed by atoms with Gasteiger partial charge in [-0.15, -0.1) is 0 Å². The molecule has 0 aliphatic heterocycles. The van der Waals surface area contributed by atoms with Gasteiger partial charge in [-0.05, 0) is 83.5 Å². The van der Waals surface area contributed by atoms with E-state index in [1.165, 1.54) is 4.68 Å². The zero-order valence-corrected chi connectivity index (χ0v) is 19.7. The van der Waals surface area contributed by atoms with Gasteiger partial charge in [0.05, 0.1) is 11.3 Å². The summed E-state index contributed by atoms with van der Waals surface area (Å²) in [6.07, 6.45) is 2.23. The lowest BCUT2D eigenvalue weighted by atomic mass is 10.0. The van der Waals surface area contributed by atoms with Crippen LogP contribution in [0.1, 0.15) is 56.9 Å². The van der Waals surface area contributed by atoms with Crippen LogP contribution < -0.4 is 10.4 Å². The molecular formula is C27H26N4O4. The molecule has 0 radical (unpaired) electrons. The molecule has 3 aromatic carbocycles. The van der Waals surface area contributed by atoms with Gasteiger partial charge in [-0.3, -0.25) is 0 Å². The average Bonchev–Trinajstić information content (AvgIpc) is 3.63. The molecule has 1 aliphatic rings. The van der Waals surface area contributed by atoms with Crippen molar-refractivity contribution in [1.82, 2.24) is 20.2 Å². The van der Waals surface area contributed by atoms with E-state index in [0.29, 0.717) is 22.9 Å². The van der Waals surface area contributed by atoms with Gasteiger partial charge in [-0.1, -0.05) is 42.5 Å². The Morgan fingerprint density at radius 1 is 1.03 bits per heavy atom. The summed E-state index contributed by atoms with van der Waals surface area (Å²) in [4.78, 5) is 24.9. The highest BCUT2D eigenvalue weighted by Crippen LogP contribution is 2.43. The molecule has 0 unspecified atom stereocenters. The second-order valence-electron chi connectivity index (χ2n) is 8.82. The molecule has 178 valence electrons. The minimum Gasteiger partial charge on any atom is -0.489 e. The van der Waals surface area contributed by atoms with Gasteiger partial charge < -0.3 is 9.47 Å². The van der Waals surface area contributed by atoms with E-state index in [9.17, 15) is 9.59 Å². The van der Waals surface area contributed by atoms with E-state index >= 15 is 0 Å². The van der Waals surface area contributed by atoms with E-state index in [1.807, 2.05) is 62.4 Å². The van der Waals surface area contributed by atoms with Gasteiger partial charge in [0.15, 0.2) is 0 Å². The number of tetrazole rings is 1. The lowest BCUT2D eigenvalue weighted by Crippen LogP contribution is -2.19. The molecule has 1 fully saturated rings. The first-order chi connectivity index (χ1) is 17.0. The van der Waals surface area contributed by atoms with Crippen molar-refractivity contribution in [2.75, 3.05) is 0 Å². The summed E-state index contributed by atoms with van der Waals surface area (Å²) < 4.78 is 13.0. The van der Waals surface area contributed by atoms with Crippen molar-refractivity contribution < 1.29 is 14.3 Å². The van der Waals surface area contributed by atoms with Crippen LogP contribution in [0.15, 0.2) is 65.5 Å². The van der Waals surface area contributed by atoms with Crippen LogP contribution in [0.5, 0.6) is 5.75 Å². The molecule has 1 N–H and O–H groups in total. The fourth-order valence-electron chi connectivity index (χ4n) is 4.20. The second-order valence-corrected chi connectivity index (χ2v) is 8.82. The summed E-state index contributed by atoms with van der Waals surface area (Å²) in [7, 11) is 0. The monoisotopic (exact) mass is 470 g/mol. The number of rotatable bonds is 8. The van der Waals surface area contributed by atoms with E-state index in [4.69, 9.17) is 9.47 Å². The predicted octanol–water partition coefficient (Wildman–Crippen LogP) is 4.39. The minimum absolute atomic E-state index is 0.221. The van der Waals surface area contributed by atoms with Crippen molar-refractivity contribution in [2.45, 2.75) is 45.8 Å². The van der Waals surface area contributed by atoms with Crippen LogP contribution in [-0.2, 0) is 18.0 Å². The van der Waals surface area contributed by atoms with E-state index in [2.05, 4.69) is 21.6 Å². The number of esters is 1. The molecule has 1 saturated carbocycles. The van der Waals surface area contributed by atoms with Gasteiger partial charge in [-0.2, -0.15) is 4.68 Å². The number of nitrogens with zero attached hydrogens (tertiary/aromatic N) is 3. The molecule has 8 heteroatoms. The first kappa shape index (κ1) is 22.6. The Hall–Kier alpha value is -4.20. The van der Waals surface area contributed by atoms with Crippen molar-refractivity contribution >= 4 is 5.97 Å². The summed E-state index contributed by atoms with van der Waals surface area (Å²) in [6.45, 7) is 4.25. The third-order valence-corrected chi connectivity index (χ3v) is 6.23. The maximum absolute atomic E-state index is 12.7. The summed E-state index contributed by atoms with van der Waals surface area (Å²) >= 11 is 0. The van der Waals surface area contributed by atoms with Crippen LogP contribution in [0.3, 0.4) is 0 Å². The zero-order valence-electron chi connectivity index (χ0n) is 19.7. The Morgan fingerprint density at radius 2 is 1.83 bits per heavy atom. The molecule has 8 nitrogen and oxygen atoms in total. The number of carbonyl (C=O) groups excluding carboxylic acids is 1. The number of nitrogens with one attached hydrogen (secondary N) is 1. The SMILES string of the molecule is Cc1cc(C(=O)OCc2ccccc2)c(C)cc1OCc1c(C2CC2)cccc1-n1nn[nH]c1=O. The summed E-state index contributed by atoms with van der Waals surface area (Å²) in [5.74, 6) is 0.764. The topological polar surface area (TPSA) is 99.1 Å². The molecule has 0 spiro atoms. The molecule has 1 heterocycles. The van der Waals surface area contributed by atoms with Crippen molar-refractivity contribution in [2.24, 2.45) is 0 Å². The van der Waals surface area contributed by atoms with E-state index in [-0.39, 0.29) is 19.2 Å². The highest BCUT2D eigenvalue weighted by molar-refractivity contribution is 5.91. The average molecular weight is 471 g/mol. The van der Waals surface area contributed by atoms with E-state index in [0.717, 1.165) is 40.7 Å². The lowest BCUT2D eigenvalue weighted by molar-refractivity contribution is 0.0471. The Kier molecular flexibility index (Phi) is 6.18. The molecule has 1 aliphatic carbocycles. The number of aromatic amines is 1. The van der Waals surface area contributed by atoms with Gasteiger partial charge in [0.25, 0.3) is 0 Å². The largest absolute Gasteiger partial charge is 0.489 e. The number of hydrogen-bond donors (Lipinski definition) is 1. The van der Waals surface area contributed by atoms with Crippen LogP contribution >= 0.6 is 0 Å². The maximum Gasteiger partial charge on any atom is 0.365 e. The molecule has 0 amide bonds. The Bertz CT molecular complexity index is 1420. The van der Waals surface area contributed by atoms with Gasteiger partial charge in [0.1, 0.15) is 19.0 Å². The summed E-state index contributed by atoms with van der Waals surface area (Å²) in [5, 5.41) is 9.89. The fourth-order valence-corrected chi connectivity index (χ4v) is 4.20. The number of carbonyl (C=O) groups is 1. The van der Waals surface area contributed by atoms with Crippen LogP contribution in [-0.4, -0.2) is 26.2 Å². The number of aromatic nitrogens is 4. The van der Waals surface area contributed by atoms with Crippen LogP contribution in [0.25, 0.3) is 5.69 Å². The quantitative estimate of drug-likeness (QED) is 0.384. The Morgan fingerprint density at radius 3 is 2.54 bits per heavy atom. The number of ether oxygens (including phenoxy) is 2. The second kappa shape index (κ2) is 9.58. The van der Waals surface area contributed by atoms with Crippen LogP contribution in [0, 0.1) is 13.8 Å². The maximum atomic E-state index is 12.7. The summed E-state index contributed by atoms with van der Waals surface area (Å²) in [6, 6.07) is 19.1. The molecule has 5 rings (SSSR count). The standard InChI is InChI=1S/C27H26N4O4/c1-17-14-25(18(2)13-22(17)26(32)35-15-19-7-4-3-5-8-19)34-16-23-21(20-11-12-20)9-6-10-24(23)31-27(33)28-29-30-31/h3-10,13-14,20H,11-12,15-16H2,1-2H3,(H,28,30,33). The van der Waals surface area contributed by atoms with Crippen molar-refractivity contribution in [3.8, 4) is 11.4 Å². The Balaban J connectivity index is 1.36. The van der Waals surface area contributed by atoms with Crippen LogP contribution in [0.2, 0.25) is 0 Å². The first-order valence-corrected chi connectivity index (χ1v) is 11.6. The third-order valence-electron chi connectivity index (χ3n) is 6.23. The Labute approximate surface area is 202 Å². The molecule has 35 heavy (non-hydrogen) atoms. The molecule has 4 aromatic rings. The van der Waals surface area contributed by atoms with Gasteiger partial charge in [0.2, 0.25) is 0 Å². The molecular weight excluding hydrogens is 444 g/mol. The number of hydrogen-bond acceptors (Lipinski definition) is 6. The number of benzene rings is 3. The third kappa shape index (κ3) is 4.87. The molecule has 1 aromatic heterocycles. The highest BCUT2D eigenvalue weighted by Gasteiger charge is 2.28. The zero-order chi connectivity index (χ0) is 24.4. The van der Waals surface area contributed by atoms with Gasteiger partial charge >= 0.3 is 11.7 Å². The normalized spacial score (nSPS) is 13.0. The van der Waals surface area contributed by atoms with E-state index in [1.54, 1.807) is 6.07 Å². The number of H-pyrrole nitrogens is 1. The number of aryl methyl sites for hydroxylation is 2. The van der Waals surface area contributed by atoms with Crippen molar-refractivity contribution in [3.63, 3.8) is 0 Å².